The molecule has 0 radical (unpaired) electrons. The quantitative estimate of drug-likeness (QED) is 0.573. The number of hydrogen-bond donors (Lipinski definition) is 1. The van der Waals surface area contributed by atoms with Gasteiger partial charge < -0.3 is 4.90 Å². The third-order valence-corrected chi connectivity index (χ3v) is 3.46. The van der Waals surface area contributed by atoms with E-state index in [4.69, 9.17) is 0 Å². The molecule has 2 aliphatic heterocycles. The minimum Gasteiger partial charge on any atom is -0.350 e. The van der Waals surface area contributed by atoms with Crippen molar-refractivity contribution in [3.05, 3.63) is 0 Å². The number of thioether (sulfide) groups is 1. The summed E-state index contributed by atoms with van der Waals surface area (Å²) in [5.41, 5.74) is 0. The van der Waals surface area contributed by atoms with E-state index in [1.807, 2.05) is 11.8 Å². The van der Waals surface area contributed by atoms with Crippen LogP contribution in [0.5, 0.6) is 0 Å². The van der Waals surface area contributed by atoms with Crippen molar-refractivity contribution in [1.82, 2.24) is 4.90 Å². The predicted octanol–water partition coefficient (Wildman–Crippen LogP) is 1.09. The van der Waals surface area contributed by atoms with Gasteiger partial charge in [0.25, 0.3) is 0 Å². The molecular formula is C7H12N2S2. The normalized spacial score (nSPS) is 31.2. The summed E-state index contributed by atoms with van der Waals surface area (Å²) in [5, 5.41) is 1.82. The summed E-state index contributed by atoms with van der Waals surface area (Å²) in [7, 11) is 0. The van der Waals surface area contributed by atoms with Gasteiger partial charge in [-0.25, -0.2) is 0 Å². The van der Waals surface area contributed by atoms with Gasteiger partial charge in [0.1, 0.15) is 0 Å². The first-order valence-electron chi connectivity index (χ1n) is 3.96. The molecule has 2 aliphatic rings. The second-order valence-electron chi connectivity index (χ2n) is 2.90. The monoisotopic (exact) mass is 188 g/mol. The van der Waals surface area contributed by atoms with Crippen molar-refractivity contribution in [2.75, 3.05) is 25.4 Å². The zero-order valence-electron chi connectivity index (χ0n) is 6.36. The van der Waals surface area contributed by atoms with Gasteiger partial charge in [0.2, 0.25) is 0 Å². The molecule has 62 valence electrons. The largest absolute Gasteiger partial charge is 0.350 e. The number of aliphatic imine (C=N–C) groups is 1. The highest BCUT2D eigenvalue weighted by Crippen LogP contribution is 2.22. The highest BCUT2D eigenvalue weighted by molar-refractivity contribution is 8.14. The summed E-state index contributed by atoms with van der Waals surface area (Å²) in [5.74, 6) is 1.17. The Labute approximate surface area is 76.9 Å². The van der Waals surface area contributed by atoms with Crippen LogP contribution in [0, 0.1) is 0 Å². The fourth-order valence-corrected chi connectivity index (χ4v) is 2.64. The Morgan fingerprint density at radius 2 is 2.55 bits per heavy atom. The zero-order chi connectivity index (χ0) is 7.68. The van der Waals surface area contributed by atoms with Crippen LogP contribution in [0.1, 0.15) is 6.42 Å². The van der Waals surface area contributed by atoms with Crippen molar-refractivity contribution < 1.29 is 0 Å². The van der Waals surface area contributed by atoms with Crippen LogP contribution >= 0.6 is 24.4 Å². The van der Waals surface area contributed by atoms with Crippen LogP contribution in [0.2, 0.25) is 0 Å². The smallest absolute Gasteiger partial charge is 0.159 e. The first kappa shape index (κ1) is 7.80. The van der Waals surface area contributed by atoms with E-state index in [-0.39, 0.29) is 0 Å². The van der Waals surface area contributed by atoms with E-state index in [0.29, 0.717) is 5.25 Å². The van der Waals surface area contributed by atoms with Crippen LogP contribution in [0.15, 0.2) is 4.99 Å². The van der Waals surface area contributed by atoms with E-state index in [1.165, 1.54) is 17.3 Å². The topological polar surface area (TPSA) is 15.6 Å². The van der Waals surface area contributed by atoms with E-state index < -0.39 is 0 Å². The Balaban J connectivity index is 1.95. The first-order valence-corrected chi connectivity index (χ1v) is 5.47. The Kier molecular flexibility index (Phi) is 2.32. The van der Waals surface area contributed by atoms with Crippen LogP contribution in [-0.4, -0.2) is 40.7 Å². The van der Waals surface area contributed by atoms with E-state index in [2.05, 4.69) is 22.5 Å². The fraction of sp³-hybridized carbons (Fsp3) is 0.857. The average molecular weight is 188 g/mol. The third kappa shape index (κ3) is 1.67. The number of likely N-dealkylation sites (tertiary alicyclic amines) is 1. The molecule has 1 atom stereocenters. The summed E-state index contributed by atoms with van der Waals surface area (Å²) in [6.07, 6.45) is 1.21. The van der Waals surface area contributed by atoms with E-state index >= 15 is 0 Å². The molecule has 0 N–H and O–H groups in total. The van der Waals surface area contributed by atoms with Gasteiger partial charge in [0, 0.05) is 24.1 Å². The van der Waals surface area contributed by atoms with Crippen molar-refractivity contribution in [2.45, 2.75) is 11.7 Å². The van der Waals surface area contributed by atoms with Gasteiger partial charge in [-0.3, -0.25) is 4.99 Å². The fourth-order valence-electron chi connectivity index (χ4n) is 1.43. The molecule has 0 unspecified atom stereocenters. The van der Waals surface area contributed by atoms with Crippen LogP contribution in [0.4, 0.5) is 0 Å². The molecule has 0 aromatic carbocycles. The highest BCUT2D eigenvalue weighted by Gasteiger charge is 2.23. The maximum Gasteiger partial charge on any atom is 0.159 e. The molecule has 2 heterocycles. The summed E-state index contributed by atoms with van der Waals surface area (Å²) in [4.78, 5) is 6.78. The van der Waals surface area contributed by atoms with Gasteiger partial charge in [0.15, 0.2) is 5.17 Å². The van der Waals surface area contributed by atoms with Crippen molar-refractivity contribution >= 4 is 29.6 Å². The lowest BCUT2D eigenvalue weighted by atomic mass is 10.4. The molecule has 11 heavy (non-hydrogen) atoms. The molecule has 1 fully saturated rings. The first-order chi connectivity index (χ1) is 5.36. The lowest BCUT2D eigenvalue weighted by Crippen LogP contribution is -2.25. The van der Waals surface area contributed by atoms with Gasteiger partial charge in [-0.15, -0.1) is 0 Å². The molecule has 2 nitrogen and oxygen atoms in total. The third-order valence-electron chi connectivity index (χ3n) is 2.00. The van der Waals surface area contributed by atoms with Gasteiger partial charge >= 0.3 is 0 Å². The number of hydrogen-bond acceptors (Lipinski definition) is 4. The van der Waals surface area contributed by atoms with Crippen LogP contribution < -0.4 is 0 Å². The molecule has 2 rings (SSSR count). The molecule has 0 aromatic heterocycles. The molecule has 0 bridgehead atoms. The molecule has 1 saturated heterocycles. The summed E-state index contributed by atoms with van der Waals surface area (Å²) in [6, 6.07) is 0. The maximum atomic E-state index is 4.44. The molecular weight excluding hydrogens is 176 g/mol. The van der Waals surface area contributed by atoms with Crippen molar-refractivity contribution in [1.29, 1.82) is 0 Å². The standard InChI is InChI=1S/C7H12N2S2/c10-6-1-3-9(5-6)7-8-2-4-11-7/h6,10H,1-5H2/t6-/m0/s1. The Bertz CT molecular complexity index is 181. The minimum absolute atomic E-state index is 0.568. The van der Waals surface area contributed by atoms with Crippen molar-refractivity contribution in [3.63, 3.8) is 0 Å². The van der Waals surface area contributed by atoms with E-state index in [9.17, 15) is 0 Å². The van der Waals surface area contributed by atoms with E-state index in [0.717, 1.165) is 19.6 Å². The highest BCUT2D eigenvalue weighted by atomic mass is 32.2. The lowest BCUT2D eigenvalue weighted by Gasteiger charge is -2.15. The average Bonchev–Trinajstić information content (AvgIpc) is 2.55. The van der Waals surface area contributed by atoms with Gasteiger partial charge in [-0.1, -0.05) is 11.8 Å². The summed E-state index contributed by atoms with van der Waals surface area (Å²) in [6.45, 7) is 3.25. The molecule has 0 spiro atoms. The Morgan fingerprint density at radius 1 is 1.64 bits per heavy atom. The molecule has 0 aliphatic carbocycles. The van der Waals surface area contributed by atoms with Gasteiger partial charge in [-0.05, 0) is 6.42 Å². The summed E-state index contributed by atoms with van der Waals surface area (Å²) < 4.78 is 0. The van der Waals surface area contributed by atoms with Gasteiger partial charge in [-0.2, -0.15) is 12.6 Å². The second kappa shape index (κ2) is 3.27. The maximum absolute atomic E-state index is 4.44. The predicted molar refractivity (Wildman–Crippen MR) is 53.7 cm³/mol. The SMILES string of the molecule is S[C@H]1CCN(C2=NCCS2)C1. The Morgan fingerprint density at radius 3 is 3.09 bits per heavy atom. The molecule has 0 aromatic rings. The van der Waals surface area contributed by atoms with Crippen molar-refractivity contribution in [3.8, 4) is 0 Å². The van der Waals surface area contributed by atoms with Crippen LogP contribution in [0.25, 0.3) is 0 Å². The minimum atomic E-state index is 0.568. The van der Waals surface area contributed by atoms with Gasteiger partial charge in [0.05, 0.1) is 6.54 Å². The van der Waals surface area contributed by atoms with E-state index in [1.54, 1.807) is 0 Å². The zero-order valence-corrected chi connectivity index (χ0v) is 8.07. The number of nitrogens with zero attached hydrogens (tertiary/aromatic N) is 2. The molecule has 4 heteroatoms. The number of amidine groups is 1. The molecule has 0 saturated carbocycles. The van der Waals surface area contributed by atoms with Crippen LogP contribution in [-0.2, 0) is 0 Å². The second-order valence-corrected chi connectivity index (χ2v) is 4.69. The summed E-state index contributed by atoms with van der Waals surface area (Å²) >= 11 is 6.32. The number of thiol groups is 1. The number of rotatable bonds is 0. The Hall–Kier alpha value is 0.170. The molecule has 0 amide bonds. The lowest BCUT2D eigenvalue weighted by molar-refractivity contribution is 0.531. The van der Waals surface area contributed by atoms with Crippen molar-refractivity contribution in [2.24, 2.45) is 4.99 Å². The van der Waals surface area contributed by atoms with Crippen LogP contribution in [0.3, 0.4) is 0 Å².